The van der Waals surface area contributed by atoms with E-state index < -0.39 is 36.1 Å². The van der Waals surface area contributed by atoms with E-state index in [2.05, 4.69) is 15.3 Å². The Kier molecular flexibility index (Phi) is 7.71. The van der Waals surface area contributed by atoms with Gasteiger partial charge in [0.25, 0.3) is 0 Å². The van der Waals surface area contributed by atoms with E-state index in [0.717, 1.165) is 18.3 Å². The Balaban J connectivity index is 1.58. The van der Waals surface area contributed by atoms with Gasteiger partial charge >= 0.3 is 13.2 Å². The second-order valence-electron chi connectivity index (χ2n) is 11.5. The summed E-state index contributed by atoms with van der Waals surface area (Å²) in [6, 6.07) is -0.673. The van der Waals surface area contributed by atoms with Gasteiger partial charge in [0.2, 0.25) is 11.9 Å². The van der Waals surface area contributed by atoms with E-state index in [4.69, 9.17) is 14.0 Å². The molecule has 11 heteroatoms. The van der Waals surface area contributed by atoms with Gasteiger partial charge in [-0.25, -0.2) is 14.8 Å². The third-order valence-electron chi connectivity index (χ3n) is 6.77. The number of ether oxygens (including phenoxy) is 1. The van der Waals surface area contributed by atoms with Crippen LogP contribution in [-0.2, 0) is 18.8 Å². The zero-order valence-electron chi connectivity index (χ0n) is 22.5. The van der Waals surface area contributed by atoms with Crippen molar-refractivity contribution in [2.45, 2.75) is 97.1 Å². The minimum atomic E-state index is -0.675. The van der Waals surface area contributed by atoms with Crippen molar-refractivity contribution in [1.29, 1.82) is 0 Å². The molecule has 2 aliphatic rings. The van der Waals surface area contributed by atoms with Gasteiger partial charge in [-0.2, -0.15) is 0 Å². The van der Waals surface area contributed by atoms with Crippen LogP contribution in [0.25, 0.3) is 0 Å². The summed E-state index contributed by atoms with van der Waals surface area (Å²) in [5.74, 6) is 0.438. The standard InChI is InChI=1S/C24H40BN5O5/c1-16(28-21(32)33-22(2,3)4)19(31)30-12-10-11-18(30)15-29(9)20-26-13-17(14-27-20)25-34-23(5,6)24(7,8)35-25/h13-14,16,18H,10-12,15H2,1-9H3,(H,28,32)/t16-,18-/m0/s1. The van der Waals surface area contributed by atoms with Gasteiger partial charge in [0.1, 0.15) is 11.6 Å². The quantitative estimate of drug-likeness (QED) is 0.606. The Morgan fingerprint density at radius 1 is 1.23 bits per heavy atom. The fraction of sp³-hybridized carbons (Fsp3) is 0.750. The van der Waals surface area contributed by atoms with Gasteiger partial charge in [0, 0.05) is 44.0 Å². The molecule has 0 saturated carbocycles. The molecule has 194 valence electrons. The van der Waals surface area contributed by atoms with Gasteiger partial charge in [-0.15, -0.1) is 0 Å². The van der Waals surface area contributed by atoms with E-state index in [0.29, 0.717) is 19.0 Å². The van der Waals surface area contributed by atoms with Crippen molar-refractivity contribution in [3.8, 4) is 0 Å². The highest BCUT2D eigenvalue weighted by molar-refractivity contribution is 6.61. The molecule has 2 atom stereocenters. The van der Waals surface area contributed by atoms with Crippen LogP contribution in [0.4, 0.5) is 10.7 Å². The zero-order chi connectivity index (χ0) is 26.2. The number of carbonyl (C=O) groups is 2. The maximum Gasteiger partial charge on any atom is 0.498 e. The molecule has 0 spiro atoms. The molecule has 2 fully saturated rings. The molecule has 0 radical (unpaired) electrons. The Bertz CT molecular complexity index is 902. The molecule has 0 bridgehead atoms. The lowest BCUT2D eigenvalue weighted by atomic mass is 9.81. The molecule has 2 amide bonds. The summed E-state index contributed by atoms with van der Waals surface area (Å²) >= 11 is 0. The third kappa shape index (κ3) is 6.44. The average Bonchev–Trinajstić information content (AvgIpc) is 3.27. The summed E-state index contributed by atoms with van der Waals surface area (Å²) in [6.07, 6.45) is 4.64. The smallest absolute Gasteiger partial charge is 0.444 e. The molecule has 0 aromatic carbocycles. The molecular formula is C24H40BN5O5. The monoisotopic (exact) mass is 489 g/mol. The van der Waals surface area contributed by atoms with E-state index in [1.807, 2.05) is 44.5 Å². The van der Waals surface area contributed by atoms with Crippen molar-refractivity contribution in [1.82, 2.24) is 20.2 Å². The van der Waals surface area contributed by atoms with Crippen LogP contribution in [0.2, 0.25) is 0 Å². The van der Waals surface area contributed by atoms with E-state index in [9.17, 15) is 9.59 Å². The molecular weight excluding hydrogens is 449 g/mol. The number of likely N-dealkylation sites (tertiary alicyclic amines) is 1. The normalized spacial score (nSPS) is 22.1. The van der Waals surface area contributed by atoms with Crippen molar-refractivity contribution >= 4 is 30.5 Å². The number of hydrogen-bond acceptors (Lipinski definition) is 8. The fourth-order valence-electron chi connectivity index (χ4n) is 4.14. The molecule has 0 aliphatic carbocycles. The summed E-state index contributed by atoms with van der Waals surface area (Å²) in [5.41, 5.74) is -0.716. The number of hydrogen-bond donors (Lipinski definition) is 1. The van der Waals surface area contributed by atoms with Crippen molar-refractivity contribution in [3.63, 3.8) is 0 Å². The molecule has 3 rings (SSSR count). The number of carbonyl (C=O) groups excluding carboxylic acids is 2. The molecule has 3 heterocycles. The van der Waals surface area contributed by atoms with E-state index in [1.54, 1.807) is 40.1 Å². The minimum Gasteiger partial charge on any atom is -0.444 e. The summed E-state index contributed by atoms with van der Waals surface area (Å²) < 4.78 is 17.4. The van der Waals surface area contributed by atoms with Gasteiger partial charge in [0.15, 0.2) is 0 Å². The Hall–Kier alpha value is -2.40. The maximum absolute atomic E-state index is 13.0. The van der Waals surface area contributed by atoms with Crippen LogP contribution in [0.3, 0.4) is 0 Å². The predicted octanol–water partition coefficient (Wildman–Crippen LogP) is 2.12. The van der Waals surface area contributed by atoms with Crippen LogP contribution in [0.5, 0.6) is 0 Å². The van der Waals surface area contributed by atoms with Gasteiger partial charge in [-0.3, -0.25) is 4.79 Å². The van der Waals surface area contributed by atoms with E-state index in [-0.39, 0.29) is 11.9 Å². The van der Waals surface area contributed by atoms with Crippen LogP contribution in [0.1, 0.15) is 68.2 Å². The number of amides is 2. The molecule has 35 heavy (non-hydrogen) atoms. The summed E-state index contributed by atoms with van der Waals surface area (Å²) in [6.45, 7) is 16.3. The first kappa shape index (κ1) is 27.2. The molecule has 0 unspecified atom stereocenters. The number of aromatic nitrogens is 2. The zero-order valence-corrected chi connectivity index (χ0v) is 22.5. The number of rotatable bonds is 6. The van der Waals surface area contributed by atoms with Crippen LogP contribution >= 0.6 is 0 Å². The first-order valence-corrected chi connectivity index (χ1v) is 12.3. The second kappa shape index (κ2) is 9.93. The molecule has 1 aromatic heterocycles. The highest BCUT2D eigenvalue weighted by Crippen LogP contribution is 2.36. The van der Waals surface area contributed by atoms with Gasteiger partial charge in [0.05, 0.1) is 11.2 Å². The Labute approximate surface area is 209 Å². The lowest BCUT2D eigenvalue weighted by molar-refractivity contribution is -0.133. The van der Waals surface area contributed by atoms with Crippen molar-refractivity contribution in [2.24, 2.45) is 0 Å². The van der Waals surface area contributed by atoms with Gasteiger partial charge in [-0.05, 0) is 68.2 Å². The summed E-state index contributed by atoms with van der Waals surface area (Å²) in [5, 5.41) is 2.65. The van der Waals surface area contributed by atoms with Crippen LogP contribution < -0.4 is 15.7 Å². The molecule has 1 N–H and O–H groups in total. The van der Waals surface area contributed by atoms with E-state index >= 15 is 0 Å². The number of alkyl carbamates (subject to hydrolysis) is 1. The minimum absolute atomic E-state index is 0.00163. The SMILES string of the molecule is C[C@H](NC(=O)OC(C)(C)C)C(=O)N1CCC[C@H]1CN(C)c1ncc(B2OC(C)(C)C(C)(C)O2)cn1. The van der Waals surface area contributed by atoms with Crippen LogP contribution in [0, 0.1) is 0 Å². The Morgan fingerprint density at radius 3 is 2.34 bits per heavy atom. The first-order chi connectivity index (χ1) is 16.1. The highest BCUT2D eigenvalue weighted by atomic mass is 16.7. The Morgan fingerprint density at radius 2 is 1.80 bits per heavy atom. The largest absolute Gasteiger partial charge is 0.498 e. The van der Waals surface area contributed by atoms with Crippen LogP contribution in [0.15, 0.2) is 12.4 Å². The lowest BCUT2D eigenvalue weighted by Crippen LogP contribution is -2.51. The molecule has 1 aromatic rings. The van der Waals surface area contributed by atoms with Gasteiger partial charge < -0.3 is 29.2 Å². The summed E-state index contributed by atoms with van der Waals surface area (Å²) in [7, 11) is 1.40. The van der Waals surface area contributed by atoms with E-state index in [1.165, 1.54) is 0 Å². The summed E-state index contributed by atoms with van der Waals surface area (Å²) in [4.78, 5) is 37.9. The third-order valence-corrected chi connectivity index (χ3v) is 6.77. The predicted molar refractivity (Wildman–Crippen MR) is 135 cm³/mol. The van der Waals surface area contributed by atoms with Crippen LogP contribution in [-0.4, -0.2) is 83.0 Å². The number of anilines is 1. The molecule has 2 saturated heterocycles. The maximum atomic E-state index is 13.0. The number of nitrogens with zero attached hydrogens (tertiary/aromatic N) is 4. The first-order valence-electron chi connectivity index (χ1n) is 12.3. The van der Waals surface area contributed by atoms with Crippen molar-refractivity contribution in [2.75, 3.05) is 25.0 Å². The topological polar surface area (TPSA) is 106 Å². The average molecular weight is 489 g/mol. The van der Waals surface area contributed by atoms with Gasteiger partial charge in [-0.1, -0.05) is 0 Å². The number of nitrogens with one attached hydrogen (secondary N) is 1. The number of likely N-dealkylation sites (N-methyl/N-ethyl adjacent to an activating group) is 1. The highest BCUT2D eigenvalue weighted by Gasteiger charge is 2.52. The fourth-order valence-corrected chi connectivity index (χ4v) is 4.14. The second-order valence-corrected chi connectivity index (χ2v) is 11.5. The van der Waals surface area contributed by atoms with Crippen molar-refractivity contribution < 1.29 is 23.6 Å². The molecule has 10 nitrogen and oxygen atoms in total. The molecule has 2 aliphatic heterocycles. The lowest BCUT2D eigenvalue weighted by Gasteiger charge is -2.32. The van der Waals surface area contributed by atoms with Crippen molar-refractivity contribution in [3.05, 3.63) is 12.4 Å².